The molecular weight excluding hydrogens is 254 g/mol. The number of carbonyl (C=O) groups excluding carboxylic acids is 1. The molecule has 0 radical (unpaired) electrons. The molecule has 1 aliphatic heterocycles. The largest absolute Gasteiger partial charge is 0.477 e. The van der Waals surface area contributed by atoms with Crippen LogP contribution in [0.5, 0.6) is 5.88 Å². The van der Waals surface area contributed by atoms with Gasteiger partial charge in [0.2, 0.25) is 5.88 Å². The molecule has 5 heteroatoms. The number of carbonyl (C=O) groups is 1. The minimum absolute atomic E-state index is 0.179. The third-order valence-corrected chi connectivity index (χ3v) is 3.64. The molecule has 0 atom stereocenters. The van der Waals surface area contributed by atoms with Crippen LogP contribution < -0.4 is 10.1 Å². The molecule has 5 nitrogen and oxygen atoms in total. The highest BCUT2D eigenvalue weighted by Gasteiger charge is 2.21. The highest BCUT2D eigenvalue weighted by Crippen LogP contribution is 2.24. The van der Waals surface area contributed by atoms with Crippen LogP contribution in [-0.4, -0.2) is 22.3 Å². The Bertz CT molecular complexity index is 661. The van der Waals surface area contributed by atoms with Crippen molar-refractivity contribution in [1.29, 1.82) is 0 Å². The van der Waals surface area contributed by atoms with Crippen molar-refractivity contribution in [3.63, 3.8) is 0 Å². The molecule has 1 aliphatic rings. The molecule has 3 rings (SSSR count). The van der Waals surface area contributed by atoms with E-state index in [4.69, 9.17) is 4.74 Å². The molecule has 1 amide bonds. The smallest absolute Gasteiger partial charge is 0.262 e. The number of rotatable bonds is 2. The van der Waals surface area contributed by atoms with Gasteiger partial charge in [0, 0.05) is 18.7 Å². The number of nitrogens with zero attached hydrogens (tertiary/aromatic N) is 2. The Morgan fingerprint density at radius 1 is 1.40 bits per heavy atom. The monoisotopic (exact) mass is 271 g/mol. The highest BCUT2D eigenvalue weighted by molar-refractivity contribution is 6.06. The summed E-state index contributed by atoms with van der Waals surface area (Å²) < 4.78 is 7.28. The highest BCUT2D eigenvalue weighted by atomic mass is 16.5. The molecule has 0 aliphatic carbocycles. The van der Waals surface area contributed by atoms with Gasteiger partial charge >= 0.3 is 0 Å². The van der Waals surface area contributed by atoms with Gasteiger partial charge in [0.05, 0.1) is 12.8 Å². The van der Waals surface area contributed by atoms with Crippen molar-refractivity contribution >= 4 is 11.6 Å². The Kier molecular flexibility index (Phi) is 3.18. The first-order valence-electron chi connectivity index (χ1n) is 6.73. The van der Waals surface area contributed by atoms with Crippen molar-refractivity contribution in [1.82, 2.24) is 9.78 Å². The van der Waals surface area contributed by atoms with Crippen molar-refractivity contribution in [2.75, 3.05) is 11.9 Å². The number of ether oxygens (including phenoxy) is 1. The van der Waals surface area contributed by atoms with Crippen LogP contribution in [0.3, 0.4) is 0 Å². The summed E-state index contributed by atoms with van der Waals surface area (Å²) in [7, 11) is 0. The zero-order chi connectivity index (χ0) is 14.1. The van der Waals surface area contributed by atoms with Crippen molar-refractivity contribution in [2.45, 2.75) is 26.8 Å². The minimum Gasteiger partial charge on any atom is -0.477 e. The van der Waals surface area contributed by atoms with Gasteiger partial charge in [0.25, 0.3) is 5.91 Å². The maximum Gasteiger partial charge on any atom is 0.262 e. The molecule has 2 heterocycles. The van der Waals surface area contributed by atoms with E-state index in [1.807, 2.05) is 32.0 Å². The molecule has 0 unspecified atom stereocenters. The molecule has 0 bridgehead atoms. The van der Waals surface area contributed by atoms with E-state index in [-0.39, 0.29) is 5.91 Å². The van der Waals surface area contributed by atoms with Crippen LogP contribution in [0, 0.1) is 13.8 Å². The van der Waals surface area contributed by atoms with E-state index in [1.54, 1.807) is 10.9 Å². The molecule has 20 heavy (non-hydrogen) atoms. The van der Waals surface area contributed by atoms with Gasteiger partial charge in [-0.15, -0.1) is 0 Å². The first kappa shape index (κ1) is 12.7. The number of aromatic nitrogens is 2. The fourth-order valence-corrected chi connectivity index (χ4v) is 2.30. The second-order valence-corrected chi connectivity index (χ2v) is 4.99. The van der Waals surface area contributed by atoms with Gasteiger partial charge in [-0.25, -0.2) is 4.68 Å². The first-order valence-corrected chi connectivity index (χ1v) is 6.73. The summed E-state index contributed by atoms with van der Waals surface area (Å²) in [6.45, 7) is 5.45. The van der Waals surface area contributed by atoms with Gasteiger partial charge in [-0.05, 0) is 31.0 Å². The van der Waals surface area contributed by atoms with Crippen LogP contribution >= 0.6 is 0 Å². The lowest BCUT2D eigenvalue weighted by Gasteiger charge is -2.16. The minimum atomic E-state index is -0.179. The van der Waals surface area contributed by atoms with Crippen LogP contribution in [0.15, 0.2) is 24.4 Å². The molecule has 0 fully saturated rings. The van der Waals surface area contributed by atoms with Crippen molar-refractivity contribution < 1.29 is 9.53 Å². The number of amides is 1. The maximum absolute atomic E-state index is 12.4. The first-order chi connectivity index (χ1) is 9.66. The topological polar surface area (TPSA) is 56.2 Å². The molecule has 2 aromatic rings. The molecule has 0 saturated heterocycles. The summed E-state index contributed by atoms with van der Waals surface area (Å²) in [6.07, 6.45) is 2.49. The Morgan fingerprint density at radius 3 is 3.10 bits per heavy atom. The SMILES string of the molecule is Cc1cccc(NC(=O)c2cnn3c2OCCC3)c1C. The van der Waals surface area contributed by atoms with Crippen LogP contribution in [-0.2, 0) is 6.54 Å². The predicted molar refractivity (Wildman–Crippen MR) is 76.2 cm³/mol. The van der Waals surface area contributed by atoms with E-state index in [9.17, 15) is 4.79 Å². The van der Waals surface area contributed by atoms with Crippen LogP contribution in [0.1, 0.15) is 27.9 Å². The average Bonchev–Trinajstić information content (AvgIpc) is 2.88. The predicted octanol–water partition coefficient (Wildman–Crippen LogP) is 2.53. The van der Waals surface area contributed by atoms with E-state index in [2.05, 4.69) is 10.4 Å². The Balaban J connectivity index is 1.86. The molecule has 1 N–H and O–H groups in total. The maximum atomic E-state index is 12.4. The van der Waals surface area contributed by atoms with Gasteiger partial charge in [-0.3, -0.25) is 4.79 Å². The second kappa shape index (κ2) is 5.00. The lowest BCUT2D eigenvalue weighted by molar-refractivity contribution is 0.102. The van der Waals surface area contributed by atoms with E-state index >= 15 is 0 Å². The Morgan fingerprint density at radius 2 is 2.25 bits per heavy atom. The van der Waals surface area contributed by atoms with Gasteiger partial charge in [-0.2, -0.15) is 5.10 Å². The number of nitrogens with one attached hydrogen (secondary N) is 1. The lowest BCUT2D eigenvalue weighted by Crippen LogP contribution is -2.18. The Labute approximate surface area is 117 Å². The third-order valence-electron chi connectivity index (χ3n) is 3.64. The standard InChI is InChI=1S/C15H17N3O2/c1-10-5-3-6-13(11(10)2)17-14(19)12-9-16-18-7-4-8-20-15(12)18/h3,5-6,9H,4,7-8H2,1-2H3,(H,17,19). The summed E-state index contributed by atoms with van der Waals surface area (Å²) in [5.41, 5.74) is 3.54. The third kappa shape index (κ3) is 2.15. The fourth-order valence-electron chi connectivity index (χ4n) is 2.30. The number of fused-ring (bicyclic) bond motifs is 1. The zero-order valence-corrected chi connectivity index (χ0v) is 11.6. The summed E-state index contributed by atoms with van der Waals surface area (Å²) in [5.74, 6) is 0.390. The van der Waals surface area contributed by atoms with Crippen molar-refractivity contribution in [3.8, 4) is 5.88 Å². The van der Waals surface area contributed by atoms with Crippen LogP contribution in [0.4, 0.5) is 5.69 Å². The van der Waals surface area contributed by atoms with Crippen molar-refractivity contribution in [3.05, 3.63) is 41.1 Å². The normalized spacial score (nSPS) is 13.5. The number of hydrogen-bond acceptors (Lipinski definition) is 3. The quantitative estimate of drug-likeness (QED) is 0.913. The molecular formula is C15H17N3O2. The van der Waals surface area contributed by atoms with Gasteiger partial charge in [-0.1, -0.05) is 12.1 Å². The average molecular weight is 271 g/mol. The zero-order valence-electron chi connectivity index (χ0n) is 11.6. The summed E-state index contributed by atoms with van der Waals surface area (Å²) >= 11 is 0. The summed E-state index contributed by atoms with van der Waals surface area (Å²) in [4.78, 5) is 12.4. The van der Waals surface area contributed by atoms with Gasteiger partial charge in [0.1, 0.15) is 5.56 Å². The fraction of sp³-hybridized carbons (Fsp3) is 0.333. The van der Waals surface area contributed by atoms with E-state index in [0.29, 0.717) is 18.1 Å². The number of aryl methyl sites for hydroxylation is 2. The number of hydrogen-bond donors (Lipinski definition) is 1. The molecule has 0 saturated carbocycles. The molecule has 0 spiro atoms. The van der Waals surface area contributed by atoms with Gasteiger partial charge < -0.3 is 10.1 Å². The van der Waals surface area contributed by atoms with E-state index in [0.717, 1.165) is 29.8 Å². The summed E-state index contributed by atoms with van der Waals surface area (Å²) in [6, 6.07) is 5.86. The lowest BCUT2D eigenvalue weighted by atomic mass is 10.1. The molecule has 104 valence electrons. The Hall–Kier alpha value is -2.30. The van der Waals surface area contributed by atoms with Gasteiger partial charge in [0.15, 0.2) is 0 Å². The molecule has 1 aromatic heterocycles. The van der Waals surface area contributed by atoms with Crippen molar-refractivity contribution in [2.24, 2.45) is 0 Å². The van der Waals surface area contributed by atoms with Crippen LogP contribution in [0.25, 0.3) is 0 Å². The second-order valence-electron chi connectivity index (χ2n) is 4.99. The van der Waals surface area contributed by atoms with Crippen LogP contribution in [0.2, 0.25) is 0 Å². The summed E-state index contributed by atoms with van der Waals surface area (Å²) in [5, 5.41) is 7.12. The van der Waals surface area contributed by atoms with E-state index in [1.165, 1.54) is 0 Å². The molecule has 1 aromatic carbocycles. The number of benzene rings is 1. The number of anilines is 1. The van der Waals surface area contributed by atoms with E-state index < -0.39 is 0 Å².